The van der Waals surface area contributed by atoms with E-state index >= 15 is 0 Å². The van der Waals surface area contributed by atoms with Gasteiger partial charge in [-0.05, 0) is 37.0 Å². The summed E-state index contributed by atoms with van der Waals surface area (Å²) in [5, 5.41) is 8.78. The monoisotopic (exact) mass is 316 g/mol. The van der Waals surface area contributed by atoms with E-state index in [9.17, 15) is 4.79 Å². The minimum atomic E-state index is -0.365. The van der Waals surface area contributed by atoms with Gasteiger partial charge in [-0.1, -0.05) is 12.5 Å². The number of methoxy groups -OCH3 is 1. The molecule has 1 aliphatic rings. The molecule has 1 aromatic rings. The molecule has 0 unspecified atom stereocenters. The van der Waals surface area contributed by atoms with Gasteiger partial charge in [0.15, 0.2) is 0 Å². The van der Waals surface area contributed by atoms with Gasteiger partial charge in [-0.25, -0.2) is 4.79 Å². The number of ether oxygens (including phenoxy) is 2. The summed E-state index contributed by atoms with van der Waals surface area (Å²) in [6.45, 7) is 3.18. The molecule has 0 radical (unpaired) electrons. The summed E-state index contributed by atoms with van der Waals surface area (Å²) in [6, 6.07) is 9.22. The third kappa shape index (κ3) is 5.57. The van der Waals surface area contributed by atoms with Crippen molar-refractivity contribution in [3.63, 3.8) is 0 Å². The zero-order valence-electron chi connectivity index (χ0n) is 13.7. The highest BCUT2D eigenvalue weighted by atomic mass is 16.5. The maximum atomic E-state index is 11.5. The first-order valence-corrected chi connectivity index (χ1v) is 8.13. The van der Waals surface area contributed by atoms with Crippen LogP contribution in [-0.2, 0) is 4.74 Å². The van der Waals surface area contributed by atoms with Gasteiger partial charge in [0.2, 0.25) is 0 Å². The molecular weight excluding hydrogens is 292 g/mol. The molecule has 0 atom stereocenters. The largest absolute Gasteiger partial charge is 0.492 e. The maximum Gasteiger partial charge on any atom is 0.337 e. The topological polar surface area (TPSA) is 62.6 Å². The number of hydrogen-bond donors (Lipinski definition) is 0. The molecule has 1 fully saturated rings. The summed E-state index contributed by atoms with van der Waals surface area (Å²) in [4.78, 5) is 13.8. The van der Waals surface area contributed by atoms with Gasteiger partial charge in [0.1, 0.15) is 12.4 Å². The van der Waals surface area contributed by atoms with Crippen LogP contribution in [0.25, 0.3) is 0 Å². The first-order chi connectivity index (χ1) is 11.2. The van der Waals surface area contributed by atoms with Crippen molar-refractivity contribution in [2.75, 3.05) is 33.4 Å². The Morgan fingerprint density at radius 2 is 2.22 bits per heavy atom. The van der Waals surface area contributed by atoms with E-state index in [2.05, 4.69) is 11.0 Å². The zero-order chi connectivity index (χ0) is 16.5. The lowest BCUT2D eigenvalue weighted by Crippen LogP contribution is -2.36. The van der Waals surface area contributed by atoms with Gasteiger partial charge in [-0.3, -0.25) is 4.90 Å². The Morgan fingerprint density at radius 3 is 2.87 bits per heavy atom. The molecule has 1 aromatic carbocycles. The predicted octanol–water partition coefficient (Wildman–Crippen LogP) is 2.87. The Morgan fingerprint density at radius 1 is 1.39 bits per heavy atom. The molecule has 0 heterocycles. The molecule has 0 N–H and O–H groups in total. The smallest absolute Gasteiger partial charge is 0.337 e. The van der Waals surface area contributed by atoms with E-state index in [0.717, 1.165) is 25.6 Å². The maximum absolute atomic E-state index is 11.5. The Bertz CT molecular complexity index is 549. The van der Waals surface area contributed by atoms with Gasteiger partial charge in [-0.15, -0.1) is 0 Å². The molecule has 0 aromatic heterocycles. The van der Waals surface area contributed by atoms with Crippen LogP contribution in [0.3, 0.4) is 0 Å². The predicted molar refractivity (Wildman–Crippen MR) is 87.3 cm³/mol. The number of rotatable bonds is 9. The second-order valence-corrected chi connectivity index (χ2v) is 5.87. The third-order valence-corrected chi connectivity index (χ3v) is 4.21. The number of esters is 1. The van der Waals surface area contributed by atoms with Crippen LogP contribution in [0.5, 0.6) is 5.75 Å². The Balaban J connectivity index is 1.81. The summed E-state index contributed by atoms with van der Waals surface area (Å²) in [7, 11) is 1.36. The zero-order valence-corrected chi connectivity index (χ0v) is 13.7. The van der Waals surface area contributed by atoms with E-state index in [1.54, 1.807) is 18.2 Å². The van der Waals surface area contributed by atoms with Gasteiger partial charge >= 0.3 is 5.97 Å². The molecule has 0 aliphatic heterocycles. The minimum absolute atomic E-state index is 0.365. The lowest BCUT2D eigenvalue weighted by molar-refractivity contribution is 0.0600. The Hall–Kier alpha value is -2.06. The highest BCUT2D eigenvalue weighted by Gasteiger charge is 2.20. The molecule has 0 bridgehead atoms. The Kier molecular flexibility index (Phi) is 6.89. The van der Waals surface area contributed by atoms with Gasteiger partial charge in [0, 0.05) is 26.1 Å². The summed E-state index contributed by atoms with van der Waals surface area (Å²) >= 11 is 0. The van der Waals surface area contributed by atoms with Gasteiger partial charge < -0.3 is 9.47 Å². The normalized spacial score (nSPS) is 14.1. The number of nitriles is 1. The van der Waals surface area contributed by atoms with E-state index < -0.39 is 0 Å². The molecule has 23 heavy (non-hydrogen) atoms. The third-order valence-electron chi connectivity index (χ3n) is 4.21. The summed E-state index contributed by atoms with van der Waals surface area (Å²) in [6.07, 6.45) is 4.47. The fourth-order valence-electron chi connectivity index (χ4n) is 2.67. The van der Waals surface area contributed by atoms with Gasteiger partial charge in [0.25, 0.3) is 0 Å². The van der Waals surface area contributed by atoms with Crippen LogP contribution in [0.2, 0.25) is 0 Å². The fraction of sp³-hybridized carbons (Fsp3) is 0.556. The first kappa shape index (κ1) is 17.3. The number of carbonyl (C=O) groups excluding carboxylic acids is 1. The van der Waals surface area contributed by atoms with Crippen LogP contribution >= 0.6 is 0 Å². The van der Waals surface area contributed by atoms with E-state index in [0.29, 0.717) is 24.3 Å². The van der Waals surface area contributed by atoms with Crippen LogP contribution in [0.15, 0.2) is 24.3 Å². The van der Waals surface area contributed by atoms with Crippen LogP contribution in [-0.4, -0.2) is 44.2 Å². The lowest BCUT2D eigenvalue weighted by Gasteiger charge is -2.32. The van der Waals surface area contributed by atoms with Crippen molar-refractivity contribution < 1.29 is 14.3 Å². The molecule has 0 spiro atoms. The molecule has 5 nitrogen and oxygen atoms in total. The van der Waals surface area contributed by atoms with Crippen molar-refractivity contribution >= 4 is 5.97 Å². The van der Waals surface area contributed by atoms with Crippen molar-refractivity contribution in [1.82, 2.24) is 4.90 Å². The lowest BCUT2D eigenvalue weighted by atomic mass is 9.85. The second-order valence-electron chi connectivity index (χ2n) is 5.87. The van der Waals surface area contributed by atoms with Gasteiger partial charge in [-0.2, -0.15) is 5.26 Å². The number of hydrogen-bond acceptors (Lipinski definition) is 5. The molecular formula is C18H24N2O3. The van der Waals surface area contributed by atoms with Crippen molar-refractivity contribution in [2.45, 2.75) is 25.7 Å². The molecule has 2 rings (SSSR count). The molecule has 0 amide bonds. The molecule has 1 aliphatic carbocycles. The average molecular weight is 316 g/mol. The summed E-state index contributed by atoms with van der Waals surface area (Å²) < 4.78 is 10.5. The van der Waals surface area contributed by atoms with Crippen molar-refractivity contribution in [2.24, 2.45) is 5.92 Å². The van der Waals surface area contributed by atoms with Crippen LogP contribution in [0.1, 0.15) is 36.0 Å². The van der Waals surface area contributed by atoms with Crippen molar-refractivity contribution in [3.05, 3.63) is 29.8 Å². The highest BCUT2D eigenvalue weighted by molar-refractivity contribution is 5.89. The van der Waals surface area contributed by atoms with E-state index in [4.69, 9.17) is 14.7 Å². The minimum Gasteiger partial charge on any atom is -0.492 e. The number of nitrogens with zero attached hydrogens (tertiary/aromatic N) is 2. The van der Waals surface area contributed by atoms with Gasteiger partial charge in [0.05, 0.1) is 18.7 Å². The van der Waals surface area contributed by atoms with E-state index in [-0.39, 0.29) is 5.97 Å². The summed E-state index contributed by atoms with van der Waals surface area (Å²) in [5.74, 6) is 1.07. The SMILES string of the molecule is COC(=O)c1cccc(OCCN(CCC#N)CC2CCC2)c1. The standard InChI is InChI=1S/C18H24N2O3/c1-22-18(21)16-7-3-8-17(13-16)23-12-11-20(10-4-9-19)14-15-5-2-6-15/h3,7-8,13,15H,2,4-6,10-12,14H2,1H3. The summed E-state index contributed by atoms with van der Waals surface area (Å²) in [5.41, 5.74) is 0.487. The van der Waals surface area contributed by atoms with Crippen molar-refractivity contribution in [1.29, 1.82) is 5.26 Å². The van der Waals surface area contributed by atoms with Crippen LogP contribution in [0.4, 0.5) is 0 Å². The Labute approximate surface area is 137 Å². The molecule has 1 saturated carbocycles. The quantitative estimate of drug-likeness (QED) is 0.656. The van der Waals surface area contributed by atoms with E-state index in [1.807, 2.05) is 6.07 Å². The highest BCUT2D eigenvalue weighted by Crippen LogP contribution is 2.27. The number of benzene rings is 1. The average Bonchev–Trinajstić information content (AvgIpc) is 2.54. The first-order valence-electron chi connectivity index (χ1n) is 8.13. The molecule has 124 valence electrons. The molecule has 0 saturated heterocycles. The van der Waals surface area contributed by atoms with Crippen LogP contribution in [0, 0.1) is 17.2 Å². The van der Waals surface area contributed by atoms with Crippen molar-refractivity contribution in [3.8, 4) is 11.8 Å². The molecule has 5 heteroatoms. The number of carbonyl (C=O) groups is 1. The van der Waals surface area contributed by atoms with Crippen LogP contribution < -0.4 is 4.74 Å². The fourth-order valence-corrected chi connectivity index (χ4v) is 2.67. The second kappa shape index (κ2) is 9.16. The van der Waals surface area contributed by atoms with E-state index in [1.165, 1.54) is 26.4 Å².